The van der Waals surface area contributed by atoms with Crippen molar-refractivity contribution in [3.8, 4) is 16.9 Å². The van der Waals surface area contributed by atoms with E-state index in [0.29, 0.717) is 18.7 Å². The van der Waals surface area contributed by atoms with Gasteiger partial charge in [-0.25, -0.2) is 4.79 Å². The van der Waals surface area contributed by atoms with Gasteiger partial charge in [0.15, 0.2) is 0 Å². The van der Waals surface area contributed by atoms with Gasteiger partial charge < -0.3 is 14.5 Å². The van der Waals surface area contributed by atoms with Crippen molar-refractivity contribution in [2.24, 2.45) is 7.05 Å². The second kappa shape index (κ2) is 10.0. The number of benzene rings is 3. The SMILES string of the molecule is Cc1nn(C)c(C)c1-c1cccc2c(CCCOc3cccc4ccccc34)c(C(=O)OC(C)(C)C)[nH]c12. The molecule has 0 amide bonds. The Labute approximate surface area is 223 Å². The molecule has 0 unspecified atom stereocenters. The van der Waals surface area contributed by atoms with Crippen molar-refractivity contribution in [1.82, 2.24) is 14.8 Å². The number of hydrogen-bond donors (Lipinski definition) is 1. The fraction of sp³-hybridized carbons (Fsp3) is 0.312. The Morgan fingerprint density at radius 1 is 0.974 bits per heavy atom. The molecule has 6 nitrogen and oxygen atoms in total. The van der Waals surface area contributed by atoms with Crippen molar-refractivity contribution in [3.63, 3.8) is 0 Å². The topological polar surface area (TPSA) is 69.1 Å². The normalized spacial score (nSPS) is 11.8. The van der Waals surface area contributed by atoms with Crippen LogP contribution in [0.2, 0.25) is 0 Å². The van der Waals surface area contributed by atoms with Gasteiger partial charge in [-0.3, -0.25) is 4.68 Å². The first kappa shape index (κ1) is 25.6. The number of carbonyl (C=O) groups excluding carboxylic acids is 1. The predicted octanol–water partition coefficient (Wildman–Crippen LogP) is 7.31. The van der Waals surface area contributed by atoms with Crippen molar-refractivity contribution in [3.05, 3.63) is 83.3 Å². The number of ether oxygens (including phenoxy) is 2. The third-order valence-electron chi connectivity index (χ3n) is 6.90. The van der Waals surface area contributed by atoms with Crippen LogP contribution >= 0.6 is 0 Å². The highest BCUT2D eigenvalue weighted by molar-refractivity contribution is 6.04. The molecular weight excluding hydrogens is 474 g/mol. The molecular formula is C32H35N3O3. The van der Waals surface area contributed by atoms with E-state index in [1.54, 1.807) is 0 Å². The number of aryl methyl sites for hydroxylation is 3. The fourth-order valence-corrected chi connectivity index (χ4v) is 5.16. The molecule has 0 fully saturated rings. The molecule has 0 atom stereocenters. The average Bonchev–Trinajstić information content (AvgIpc) is 3.37. The molecule has 0 aliphatic rings. The number of nitrogens with one attached hydrogen (secondary N) is 1. The number of H-pyrrole nitrogens is 1. The maximum atomic E-state index is 13.3. The van der Waals surface area contributed by atoms with Crippen LogP contribution in [0.15, 0.2) is 60.7 Å². The first-order valence-electron chi connectivity index (χ1n) is 13.1. The van der Waals surface area contributed by atoms with E-state index in [4.69, 9.17) is 9.47 Å². The summed E-state index contributed by atoms with van der Waals surface area (Å²) in [4.78, 5) is 16.8. The third kappa shape index (κ3) is 4.91. The molecule has 0 radical (unpaired) electrons. The van der Waals surface area contributed by atoms with Crippen LogP contribution in [-0.2, 0) is 18.2 Å². The molecule has 6 heteroatoms. The van der Waals surface area contributed by atoms with E-state index in [1.165, 1.54) is 0 Å². The predicted molar refractivity (Wildman–Crippen MR) is 153 cm³/mol. The zero-order chi connectivity index (χ0) is 27.0. The van der Waals surface area contributed by atoms with Gasteiger partial charge in [0.2, 0.25) is 0 Å². The molecule has 38 heavy (non-hydrogen) atoms. The van der Waals surface area contributed by atoms with Gasteiger partial charge in [-0.1, -0.05) is 54.6 Å². The highest BCUT2D eigenvalue weighted by atomic mass is 16.6. The Balaban J connectivity index is 1.48. The zero-order valence-corrected chi connectivity index (χ0v) is 23.0. The highest BCUT2D eigenvalue weighted by Crippen LogP contribution is 2.36. The molecule has 0 aliphatic heterocycles. The summed E-state index contributed by atoms with van der Waals surface area (Å²) >= 11 is 0. The molecule has 1 N–H and O–H groups in total. The van der Waals surface area contributed by atoms with Crippen molar-refractivity contribution in [2.75, 3.05) is 6.61 Å². The van der Waals surface area contributed by atoms with Gasteiger partial charge in [0.25, 0.3) is 0 Å². The summed E-state index contributed by atoms with van der Waals surface area (Å²) in [6.45, 7) is 10.3. The van der Waals surface area contributed by atoms with E-state index in [2.05, 4.69) is 47.3 Å². The summed E-state index contributed by atoms with van der Waals surface area (Å²) in [6, 6.07) is 20.5. The number of fused-ring (bicyclic) bond motifs is 2. The van der Waals surface area contributed by atoms with E-state index >= 15 is 0 Å². The van der Waals surface area contributed by atoms with Crippen LogP contribution in [0.3, 0.4) is 0 Å². The molecule has 5 rings (SSSR count). The van der Waals surface area contributed by atoms with Crippen LogP contribution in [0.4, 0.5) is 0 Å². The van der Waals surface area contributed by atoms with Crippen molar-refractivity contribution in [1.29, 1.82) is 0 Å². The van der Waals surface area contributed by atoms with Gasteiger partial charge in [-0.15, -0.1) is 0 Å². The second-order valence-corrected chi connectivity index (χ2v) is 10.8. The third-order valence-corrected chi connectivity index (χ3v) is 6.90. The largest absolute Gasteiger partial charge is 0.493 e. The summed E-state index contributed by atoms with van der Waals surface area (Å²) in [5.41, 5.74) is 5.95. The monoisotopic (exact) mass is 509 g/mol. The van der Waals surface area contributed by atoms with Crippen LogP contribution in [0, 0.1) is 13.8 Å². The quantitative estimate of drug-likeness (QED) is 0.185. The number of nitrogens with zero attached hydrogens (tertiary/aromatic N) is 2. The number of aromatic amines is 1. The maximum Gasteiger partial charge on any atom is 0.355 e. The van der Waals surface area contributed by atoms with Gasteiger partial charge in [0.1, 0.15) is 17.0 Å². The number of hydrogen-bond acceptors (Lipinski definition) is 4. The van der Waals surface area contributed by atoms with Crippen molar-refractivity contribution in [2.45, 2.75) is 53.1 Å². The molecule has 2 heterocycles. The van der Waals surface area contributed by atoms with Crippen LogP contribution in [0.5, 0.6) is 5.75 Å². The van der Waals surface area contributed by atoms with Gasteiger partial charge in [-0.2, -0.15) is 5.10 Å². The first-order valence-corrected chi connectivity index (χ1v) is 13.1. The van der Waals surface area contributed by atoms with Gasteiger partial charge in [0.05, 0.1) is 17.8 Å². The highest BCUT2D eigenvalue weighted by Gasteiger charge is 2.25. The Hall–Kier alpha value is -4.06. The molecule has 0 bridgehead atoms. The van der Waals surface area contributed by atoms with Crippen LogP contribution in [0.25, 0.3) is 32.8 Å². The second-order valence-electron chi connectivity index (χ2n) is 10.8. The molecule has 0 spiro atoms. The van der Waals surface area contributed by atoms with Crippen LogP contribution < -0.4 is 4.74 Å². The minimum absolute atomic E-state index is 0.343. The Morgan fingerprint density at radius 3 is 2.42 bits per heavy atom. The Kier molecular flexibility index (Phi) is 6.74. The lowest BCUT2D eigenvalue weighted by Gasteiger charge is -2.19. The average molecular weight is 510 g/mol. The lowest BCUT2D eigenvalue weighted by molar-refractivity contribution is 0.00625. The Morgan fingerprint density at radius 2 is 1.68 bits per heavy atom. The van der Waals surface area contributed by atoms with Gasteiger partial charge >= 0.3 is 5.97 Å². The standard InChI is InChI=1S/C32H35N3O3/c1-20-28(21(2)35(6)34-20)26-16-10-15-24-25(30(33-29(24)26)31(36)38-32(3,4)5)17-11-19-37-27-18-9-13-22-12-7-8-14-23(22)27/h7-10,12-16,18,33H,11,17,19H2,1-6H3. The molecule has 0 aliphatic carbocycles. The van der Waals surface area contributed by atoms with Crippen LogP contribution in [-0.4, -0.2) is 32.9 Å². The molecule has 5 aromatic rings. The summed E-state index contributed by atoms with van der Waals surface area (Å²) in [5, 5.41) is 7.89. The molecule has 3 aromatic carbocycles. The summed E-state index contributed by atoms with van der Waals surface area (Å²) in [6.07, 6.45) is 1.43. The minimum Gasteiger partial charge on any atom is -0.493 e. The van der Waals surface area contributed by atoms with E-state index in [-0.39, 0.29) is 5.97 Å². The first-order chi connectivity index (χ1) is 18.1. The fourth-order valence-electron chi connectivity index (χ4n) is 5.16. The zero-order valence-electron chi connectivity index (χ0n) is 23.0. The molecule has 0 saturated carbocycles. The van der Waals surface area contributed by atoms with E-state index in [0.717, 1.165) is 61.9 Å². The van der Waals surface area contributed by atoms with Gasteiger partial charge in [0, 0.05) is 34.6 Å². The lowest BCUT2D eigenvalue weighted by Crippen LogP contribution is -2.24. The summed E-state index contributed by atoms with van der Waals surface area (Å²) in [7, 11) is 1.95. The summed E-state index contributed by atoms with van der Waals surface area (Å²) in [5.74, 6) is 0.531. The molecule has 2 aromatic heterocycles. The number of aromatic nitrogens is 3. The smallest absolute Gasteiger partial charge is 0.355 e. The number of rotatable bonds is 7. The lowest BCUT2D eigenvalue weighted by atomic mass is 9.98. The molecule has 196 valence electrons. The number of esters is 1. The summed E-state index contributed by atoms with van der Waals surface area (Å²) < 4.78 is 13.9. The van der Waals surface area contributed by atoms with E-state index in [9.17, 15) is 4.79 Å². The van der Waals surface area contributed by atoms with Crippen molar-refractivity contribution >= 4 is 27.6 Å². The maximum absolute atomic E-state index is 13.3. The Bertz CT molecular complexity index is 1630. The van der Waals surface area contributed by atoms with Crippen molar-refractivity contribution < 1.29 is 14.3 Å². The minimum atomic E-state index is -0.595. The van der Waals surface area contributed by atoms with E-state index < -0.39 is 5.60 Å². The van der Waals surface area contributed by atoms with E-state index in [1.807, 2.05) is 69.8 Å². The number of carbonyl (C=O) groups is 1. The molecule has 0 saturated heterocycles. The van der Waals surface area contributed by atoms with Crippen LogP contribution in [0.1, 0.15) is 54.6 Å². The van der Waals surface area contributed by atoms with Gasteiger partial charge in [-0.05, 0) is 64.5 Å². The number of para-hydroxylation sites is 1.